The molecule has 0 radical (unpaired) electrons. The van der Waals surface area contributed by atoms with E-state index in [0.717, 1.165) is 12.0 Å². The minimum atomic E-state index is -0.479. The van der Waals surface area contributed by atoms with Crippen molar-refractivity contribution in [3.63, 3.8) is 0 Å². The average molecular weight is 273 g/mol. The Balaban J connectivity index is 2.77. The molecule has 0 aliphatic rings. The lowest BCUT2D eigenvalue weighted by molar-refractivity contribution is -0.384. The van der Waals surface area contributed by atoms with Crippen molar-refractivity contribution in [3.8, 4) is 0 Å². The van der Waals surface area contributed by atoms with Crippen LogP contribution in [0.3, 0.4) is 0 Å². The van der Waals surface area contributed by atoms with Gasteiger partial charge >= 0.3 is 0 Å². The number of hydrogen-bond donors (Lipinski definition) is 2. The first-order valence-corrected chi connectivity index (χ1v) is 6.08. The van der Waals surface area contributed by atoms with E-state index >= 15 is 0 Å². The van der Waals surface area contributed by atoms with Crippen molar-refractivity contribution in [2.45, 2.75) is 32.4 Å². The van der Waals surface area contributed by atoms with Crippen LogP contribution >= 0.6 is 11.6 Å². The van der Waals surface area contributed by atoms with Crippen molar-refractivity contribution in [2.24, 2.45) is 0 Å². The van der Waals surface area contributed by atoms with Gasteiger partial charge in [0.05, 0.1) is 16.6 Å². The third kappa shape index (κ3) is 3.66. The van der Waals surface area contributed by atoms with Gasteiger partial charge in [0.1, 0.15) is 0 Å². The molecule has 0 saturated carbocycles. The maximum absolute atomic E-state index is 10.6. The number of nitro benzene ring substituents is 1. The molecule has 18 heavy (non-hydrogen) atoms. The summed E-state index contributed by atoms with van der Waals surface area (Å²) in [6.45, 7) is 4.36. The lowest BCUT2D eigenvalue weighted by atomic mass is 10.00. The number of aliphatic hydroxyl groups excluding tert-OH is 1. The summed E-state index contributed by atoms with van der Waals surface area (Å²) >= 11 is 5.98. The SMILES string of the molecule is CCC(C)(CO)NCc1ccc([N+](=O)[O-])cc1Cl. The number of nitro groups is 1. The van der Waals surface area contributed by atoms with Crippen LogP contribution in [0.15, 0.2) is 18.2 Å². The van der Waals surface area contributed by atoms with E-state index in [1.807, 2.05) is 13.8 Å². The summed E-state index contributed by atoms with van der Waals surface area (Å²) < 4.78 is 0. The number of benzene rings is 1. The number of aliphatic hydroxyl groups is 1. The third-order valence-electron chi connectivity index (χ3n) is 3.08. The first kappa shape index (κ1) is 14.9. The number of rotatable bonds is 6. The van der Waals surface area contributed by atoms with Crippen molar-refractivity contribution in [1.29, 1.82) is 0 Å². The third-order valence-corrected chi connectivity index (χ3v) is 3.43. The highest BCUT2D eigenvalue weighted by molar-refractivity contribution is 6.31. The molecule has 1 atom stereocenters. The van der Waals surface area contributed by atoms with Gasteiger partial charge in [-0.25, -0.2) is 0 Å². The molecule has 1 aromatic rings. The molecular formula is C12H17ClN2O3. The van der Waals surface area contributed by atoms with E-state index in [0.29, 0.717) is 11.6 Å². The van der Waals surface area contributed by atoms with Crippen LogP contribution in [0.4, 0.5) is 5.69 Å². The summed E-state index contributed by atoms with van der Waals surface area (Å²) in [5.74, 6) is 0. The molecule has 1 aromatic carbocycles. The van der Waals surface area contributed by atoms with Gasteiger partial charge in [-0.2, -0.15) is 0 Å². The smallest absolute Gasteiger partial charge is 0.270 e. The highest BCUT2D eigenvalue weighted by Gasteiger charge is 2.20. The van der Waals surface area contributed by atoms with Crippen molar-refractivity contribution < 1.29 is 10.0 Å². The van der Waals surface area contributed by atoms with Gasteiger partial charge in [0.15, 0.2) is 0 Å². The molecule has 0 aliphatic carbocycles. The molecule has 100 valence electrons. The van der Waals surface area contributed by atoms with Crippen LogP contribution in [0.25, 0.3) is 0 Å². The molecule has 0 spiro atoms. The highest BCUT2D eigenvalue weighted by atomic mass is 35.5. The first-order valence-electron chi connectivity index (χ1n) is 5.70. The van der Waals surface area contributed by atoms with Crippen LogP contribution in [0.5, 0.6) is 0 Å². The Hall–Kier alpha value is -1.17. The summed E-state index contributed by atoms with van der Waals surface area (Å²) in [5.41, 5.74) is 0.380. The molecule has 0 aromatic heterocycles. The van der Waals surface area contributed by atoms with Crippen molar-refractivity contribution in [2.75, 3.05) is 6.61 Å². The molecule has 1 unspecified atom stereocenters. The fourth-order valence-electron chi connectivity index (χ4n) is 1.39. The highest BCUT2D eigenvalue weighted by Crippen LogP contribution is 2.23. The number of nitrogens with zero attached hydrogens (tertiary/aromatic N) is 1. The molecule has 1 rings (SSSR count). The second-order valence-corrected chi connectivity index (χ2v) is 4.87. The van der Waals surface area contributed by atoms with Crippen molar-refractivity contribution in [3.05, 3.63) is 38.9 Å². The lowest BCUT2D eigenvalue weighted by Crippen LogP contribution is -2.44. The standard InChI is InChI=1S/C12H17ClN2O3/c1-3-12(2,8-16)14-7-9-4-5-10(15(17)18)6-11(9)13/h4-6,14,16H,3,7-8H2,1-2H3. The van der Waals surface area contributed by atoms with Crippen LogP contribution in [0.1, 0.15) is 25.8 Å². The maximum Gasteiger partial charge on any atom is 0.270 e. The molecule has 0 aliphatic heterocycles. The Bertz CT molecular complexity index is 433. The van der Waals surface area contributed by atoms with Gasteiger partial charge in [-0.15, -0.1) is 0 Å². The Morgan fingerprint density at radius 1 is 1.56 bits per heavy atom. The summed E-state index contributed by atoms with van der Waals surface area (Å²) in [5, 5.41) is 23.4. The Morgan fingerprint density at radius 3 is 2.67 bits per heavy atom. The number of hydrogen-bond acceptors (Lipinski definition) is 4. The van der Waals surface area contributed by atoms with E-state index in [2.05, 4.69) is 5.32 Å². The van der Waals surface area contributed by atoms with Gasteiger partial charge in [-0.1, -0.05) is 18.5 Å². The largest absolute Gasteiger partial charge is 0.394 e. The average Bonchev–Trinajstić information content (AvgIpc) is 2.36. The van der Waals surface area contributed by atoms with Crippen LogP contribution in [-0.2, 0) is 6.54 Å². The van der Waals surface area contributed by atoms with Crippen molar-refractivity contribution in [1.82, 2.24) is 5.32 Å². The summed E-state index contributed by atoms with van der Waals surface area (Å²) in [6.07, 6.45) is 0.772. The van der Waals surface area contributed by atoms with Crippen LogP contribution in [0, 0.1) is 10.1 Å². The molecule has 0 heterocycles. The van der Waals surface area contributed by atoms with Gasteiger partial charge in [-0.3, -0.25) is 10.1 Å². The molecule has 0 bridgehead atoms. The molecule has 2 N–H and O–H groups in total. The zero-order chi connectivity index (χ0) is 13.8. The van der Waals surface area contributed by atoms with Gasteiger partial charge in [0.25, 0.3) is 5.69 Å². The fraction of sp³-hybridized carbons (Fsp3) is 0.500. The van der Waals surface area contributed by atoms with Gasteiger partial charge in [0.2, 0.25) is 0 Å². The van der Waals surface area contributed by atoms with E-state index in [-0.39, 0.29) is 17.8 Å². The zero-order valence-electron chi connectivity index (χ0n) is 10.4. The van der Waals surface area contributed by atoms with E-state index in [4.69, 9.17) is 11.6 Å². The van der Waals surface area contributed by atoms with Gasteiger partial charge < -0.3 is 10.4 Å². The Labute approximate surface area is 111 Å². The van der Waals surface area contributed by atoms with E-state index in [9.17, 15) is 15.2 Å². The van der Waals surface area contributed by atoms with Crippen LogP contribution in [-0.4, -0.2) is 22.2 Å². The molecule has 5 nitrogen and oxygen atoms in total. The molecule has 0 saturated heterocycles. The number of nitrogens with one attached hydrogen (secondary N) is 1. The zero-order valence-corrected chi connectivity index (χ0v) is 11.2. The fourth-order valence-corrected chi connectivity index (χ4v) is 1.64. The van der Waals surface area contributed by atoms with Crippen LogP contribution in [0.2, 0.25) is 5.02 Å². The van der Waals surface area contributed by atoms with Gasteiger partial charge in [-0.05, 0) is 25.0 Å². The lowest BCUT2D eigenvalue weighted by Gasteiger charge is -2.27. The molecule has 0 fully saturated rings. The quantitative estimate of drug-likeness (QED) is 0.616. The number of non-ortho nitro benzene ring substituents is 1. The van der Waals surface area contributed by atoms with Gasteiger partial charge in [0, 0.05) is 24.2 Å². The van der Waals surface area contributed by atoms with E-state index in [1.165, 1.54) is 12.1 Å². The predicted molar refractivity (Wildman–Crippen MR) is 70.7 cm³/mol. The Kier molecular flexibility index (Phi) is 5.07. The summed E-state index contributed by atoms with van der Waals surface area (Å²) in [4.78, 5) is 10.1. The summed E-state index contributed by atoms with van der Waals surface area (Å²) in [6, 6.07) is 4.38. The summed E-state index contributed by atoms with van der Waals surface area (Å²) in [7, 11) is 0. The van der Waals surface area contributed by atoms with Crippen molar-refractivity contribution >= 4 is 17.3 Å². The second kappa shape index (κ2) is 6.13. The first-order chi connectivity index (χ1) is 8.41. The number of halogens is 1. The van der Waals surface area contributed by atoms with E-state index in [1.54, 1.807) is 6.07 Å². The van der Waals surface area contributed by atoms with Crippen LogP contribution < -0.4 is 5.32 Å². The minimum absolute atomic E-state index is 0.0219. The van der Waals surface area contributed by atoms with E-state index < -0.39 is 4.92 Å². The normalized spacial score (nSPS) is 14.2. The molecular weight excluding hydrogens is 256 g/mol. The Morgan fingerprint density at radius 2 is 2.22 bits per heavy atom. The topological polar surface area (TPSA) is 75.4 Å². The minimum Gasteiger partial charge on any atom is -0.394 e. The maximum atomic E-state index is 10.6. The second-order valence-electron chi connectivity index (χ2n) is 4.46. The molecule has 0 amide bonds. The molecule has 6 heteroatoms. The predicted octanol–water partition coefficient (Wildman–Crippen LogP) is 2.50. The monoisotopic (exact) mass is 272 g/mol.